The molecule has 1 aromatic carbocycles. The van der Waals surface area contributed by atoms with Crippen molar-refractivity contribution < 1.29 is 9.47 Å². The molecule has 0 spiro atoms. The fraction of sp³-hybridized carbons (Fsp3) is 0.524. The number of halogens is 1. The summed E-state index contributed by atoms with van der Waals surface area (Å²) in [6, 6.07) is 10.1. The maximum Gasteiger partial charge on any atom is 0.194 e. The van der Waals surface area contributed by atoms with Crippen molar-refractivity contribution in [3.05, 3.63) is 48.3 Å². The van der Waals surface area contributed by atoms with Gasteiger partial charge >= 0.3 is 0 Å². The van der Waals surface area contributed by atoms with Gasteiger partial charge < -0.3 is 19.7 Å². The SMILES string of the molecule is CCNC(=NCc1cnn(-c2ccccc2)c1)N1CCC(COCCOC)C1.I. The van der Waals surface area contributed by atoms with Crippen LogP contribution < -0.4 is 5.32 Å². The fourth-order valence-electron chi connectivity index (χ4n) is 3.31. The van der Waals surface area contributed by atoms with Gasteiger partial charge in [-0.05, 0) is 25.5 Å². The zero-order chi connectivity index (χ0) is 19.6. The largest absolute Gasteiger partial charge is 0.382 e. The van der Waals surface area contributed by atoms with Crippen molar-refractivity contribution in [1.29, 1.82) is 0 Å². The predicted octanol–water partition coefficient (Wildman–Crippen LogP) is 2.94. The molecule has 0 aliphatic carbocycles. The van der Waals surface area contributed by atoms with Crippen LogP contribution in [0, 0.1) is 5.92 Å². The van der Waals surface area contributed by atoms with Crippen LogP contribution in [0.15, 0.2) is 47.7 Å². The van der Waals surface area contributed by atoms with Gasteiger partial charge in [0.2, 0.25) is 0 Å². The van der Waals surface area contributed by atoms with Crippen LogP contribution in [0.2, 0.25) is 0 Å². The highest BCUT2D eigenvalue weighted by molar-refractivity contribution is 14.0. The summed E-state index contributed by atoms with van der Waals surface area (Å²) in [7, 11) is 1.70. The summed E-state index contributed by atoms with van der Waals surface area (Å²) < 4.78 is 12.6. The molecule has 29 heavy (non-hydrogen) atoms. The summed E-state index contributed by atoms with van der Waals surface area (Å²) in [5, 5.41) is 7.87. The molecule has 1 aliphatic rings. The monoisotopic (exact) mass is 513 g/mol. The number of hydrogen-bond donors (Lipinski definition) is 1. The number of guanidine groups is 1. The first-order valence-electron chi connectivity index (χ1n) is 9.99. The standard InChI is InChI=1S/C21H31N5O2.HI/c1-3-22-21(25-10-9-18(15-25)17-28-12-11-27-2)23-13-19-14-24-26(16-19)20-7-5-4-6-8-20;/h4-8,14,16,18H,3,9-13,15,17H2,1-2H3,(H,22,23);1H. The van der Waals surface area contributed by atoms with Crippen molar-refractivity contribution in [2.24, 2.45) is 10.9 Å². The Hall–Kier alpha value is -1.65. The van der Waals surface area contributed by atoms with Gasteiger partial charge in [-0.15, -0.1) is 24.0 Å². The van der Waals surface area contributed by atoms with Gasteiger partial charge in [0, 0.05) is 44.4 Å². The summed E-state index contributed by atoms with van der Waals surface area (Å²) in [6.07, 6.45) is 5.05. The second-order valence-electron chi connectivity index (χ2n) is 6.97. The number of para-hydroxylation sites is 1. The molecule has 1 aliphatic heterocycles. The molecule has 1 unspecified atom stereocenters. The minimum atomic E-state index is 0. The van der Waals surface area contributed by atoms with Gasteiger partial charge in [-0.25, -0.2) is 9.67 Å². The maximum absolute atomic E-state index is 5.70. The highest BCUT2D eigenvalue weighted by Gasteiger charge is 2.25. The molecule has 3 rings (SSSR count). The van der Waals surface area contributed by atoms with Crippen LogP contribution in [0.25, 0.3) is 5.69 Å². The van der Waals surface area contributed by atoms with Gasteiger partial charge in [0.1, 0.15) is 0 Å². The zero-order valence-corrected chi connectivity index (χ0v) is 19.6. The summed E-state index contributed by atoms with van der Waals surface area (Å²) in [6.45, 7) is 7.64. The summed E-state index contributed by atoms with van der Waals surface area (Å²) in [5.74, 6) is 1.51. The minimum absolute atomic E-state index is 0. The predicted molar refractivity (Wildman–Crippen MR) is 126 cm³/mol. The normalized spacial score (nSPS) is 16.7. The number of methoxy groups -OCH3 is 1. The van der Waals surface area contributed by atoms with Crippen molar-refractivity contribution in [3.8, 4) is 5.69 Å². The van der Waals surface area contributed by atoms with E-state index in [2.05, 4.69) is 22.2 Å². The Balaban J connectivity index is 0.00000300. The second-order valence-corrected chi connectivity index (χ2v) is 6.97. The maximum atomic E-state index is 5.70. The number of ether oxygens (including phenoxy) is 2. The van der Waals surface area contributed by atoms with Gasteiger partial charge in [-0.1, -0.05) is 18.2 Å². The molecule has 0 bridgehead atoms. The van der Waals surface area contributed by atoms with E-state index in [1.807, 2.05) is 47.4 Å². The van der Waals surface area contributed by atoms with Crippen molar-refractivity contribution in [2.45, 2.75) is 19.9 Å². The molecule has 0 radical (unpaired) electrons. The Morgan fingerprint density at radius 1 is 1.28 bits per heavy atom. The third kappa shape index (κ3) is 7.27. The number of rotatable bonds is 9. The van der Waals surface area contributed by atoms with Gasteiger partial charge in [-0.2, -0.15) is 5.10 Å². The fourth-order valence-corrected chi connectivity index (χ4v) is 3.31. The minimum Gasteiger partial charge on any atom is -0.382 e. The molecule has 160 valence electrons. The van der Waals surface area contributed by atoms with E-state index in [1.54, 1.807) is 7.11 Å². The van der Waals surface area contributed by atoms with Gasteiger partial charge in [-0.3, -0.25) is 0 Å². The van der Waals surface area contributed by atoms with Crippen molar-refractivity contribution in [1.82, 2.24) is 20.0 Å². The highest BCUT2D eigenvalue weighted by Crippen LogP contribution is 2.17. The molecule has 7 nitrogen and oxygen atoms in total. The molecule has 1 saturated heterocycles. The first-order valence-corrected chi connectivity index (χ1v) is 9.99. The second kappa shape index (κ2) is 12.8. The Bertz CT molecular complexity index is 738. The lowest BCUT2D eigenvalue weighted by atomic mass is 10.1. The lowest BCUT2D eigenvalue weighted by molar-refractivity contribution is 0.0536. The molecule has 1 atom stereocenters. The van der Waals surface area contributed by atoms with Gasteiger partial charge in [0.25, 0.3) is 0 Å². The van der Waals surface area contributed by atoms with E-state index in [4.69, 9.17) is 14.5 Å². The number of benzene rings is 1. The van der Waals surface area contributed by atoms with E-state index in [-0.39, 0.29) is 24.0 Å². The molecule has 1 aromatic heterocycles. The molecular weight excluding hydrogens is 481 g/mol. The number of nitrogens with one attached hydrogen (secondary N) is 1. The van der Waals surface area contributed by atoms with Crippen LogP contribution in [-0.4, -0.2) is 67.2 Å². The van der Waals surface area contributed by atoms with Crippen molar-refractivity contribution in [2.75, 3.05) is 46.6 Å². The Kier molecular flexibility index (Phi) is 10.4. The molecule has 2 aromatic rings. The van der Waals surface area contributed by atoms with E-state index in [1.165, 1.54) is 0 Å². The van der Waals surface area contributed by atoms with Crippen LogP contribution >= 0.6 is 24.0 Å². The number of hydrogen-bond acceptors (Lipinski definition) is 4. The molecular formula is C21H32IN5O2. The van der Waals surface area contributed by atoms with E-state index < -0.39 is 0 Å². The highest BCUT2D eigenvalue weighted by atomic mass is 127. The molecule has 2 heterocycles. The van der Waals surface area contributed by atoms with Crippen LogP contribution in [0.4, 0.5) is 0 Å². The summed E-state index contributed by atoms with van der Waals surface area (Å²) in [4.78, 5) is 7.16. The third-order valence-corrected chi connectivity index (χ3v) is 4.77. The quantitative estimate of drug-likeness (QED) is 0.242. The molecule has 0 saturated carbocycles. The Morgan fingerprint density at radius 2 is 2.10 bits per heavy atom. The first kappa shape index (κ1) is 23.6. The van der Waals surface area contributed by atoms with Crippen LogP contribution in [0.5, 0.6) is 0 Å². The third-order valence-electron chi connectivity index (χ3n) is 4.77. The van der Waals surface area contributed by atoms with Crippen LogP contribution in [0.3, 0.4) is 0 Å². The topological polar surface area (TPSA) is 63.9 Å². The van der Waals surface area contributed by atoms with Crippen molar-refractivity contribution >= 4 is 29.9 Å². The lowest BCUT2D eigenvalue weighted by Gasteiger charge is -2.21. The van der Waals surface area contributed by atoms with Crippen LogP contribution in [0.1, 0.15) is 18.9 Å². The van der Waals surface area contributed by atoms with Crippen LogP contribution in [-0.2, 0) is 16.0 Å². The van der Waals surface area contributed by atoms with Gasteiger partial charge in [0.15, 0.2) is 5.96 Å². The zero-order valence-electron chi connectivity index (χ0n) is 17.3. The number of aromatic nitrogens is 2. The summed E-state index contributed by atoms with van der Waals surface area (Å²) >= 11 is 0. The lowest BCUT2D eigenvalue weighted by Crippen LogP contribution is -2.40. The number of aliphatic imine (C=N–C) groups is 1. The Morgan fingerprint density at radius 3 is 2.86 bits per heavy atom. The van der Waals surface area contributed by atoms with Crippen molar-refractivity contribution in [3.63, 3.8) is 0 Å². The van der Waals surface area contributed by atoms with Gasteiger partial charge in [0.05, 0.1) is 38.2 Å². The van der Waals surface area contributed by atoms with E-state index in [0.717, 1.165) is 49.9 Å². The first-order chi connectivity index (χ1) is 13.8. The number of likely N-dealkylation sites (tertiary alicyclic amines) is 1. The van der Waals surface area contributed by atoms with E-state index in [9.17, 15) is 0 Å². The molecule has 1 fully saturated rings. The Labute approximate surface area is 190 Å². The van der Waals surface area contributed by atoms with E-state index >= 15 is 0 Å². The molecule has 8 heteroatoms. The number of nitrogens with zero attached hydrogens (tertiary/aromatic N) is 4. The molecule has 1 N–H and O–H groups in total. The van der Waals surface area contributed by atoms with E-state index in [0.29, 0.717) is 25.7 Å². The summed E-state index contributed by atoms with van der Waals surface area (Å²) in [5.41, 5.74) is 2.15. The molecule has 0 amide bonds. The smallest absolute Gasteiger partial charge is 0.194 e. The average molecular weight is 513 g/mol. The average Bonchev–Trinajstić information content (AvgIpc) is 3.39.